The summed E-state index contributed by atoms with van der Waals surface area (Å²) in [5.41, 5.74) is 5.01. The highest BCUT2D eigenvalue weighted by atomic mass is 16.5. The van der Waals surface area contributed by atoms with Crippen LogP contribution in [0.1, 0.15) is 41.5 Å². The quantitative estimate of drug-likeness (QED) is 0.796. The Hall–Kier alpha value is -0.610. The highest BCUT2D eigenvalue weighted by Gasteiger charge is 2.44. The minimum absolute atomic E-state index is 0.0967. The van der Waals surface area contributed by atoms with Gasteiger partial charge in [0.1, 0.15) is 0 Å². The van der Waals surface area contributed by atoms with Crippen molar-refractivity contribution in [3.8, 4) is 0 Å². The summed E-state index contributed by atoms with van der Waals surface area (Å²) in [6, 6.07) is 0. The van der Waals surface area contributed by atoms with E-state index in [1.165, 1.54) is 0 Å². The third-order valence-electron chi connectivity index (χ3n) is 3.85. The van der Waals surface area contributed by atoms with Gasteiger partial charge in [-0.25, -0.2) is 0 Å². The Morgan fingerprint density at radius 1 is 1.18 bits per heavy atom. The first-order valence-corrected chi connectivity index (χ1v) is 6.29. The molecule has 0 unspecified atom stereocenters. The van der Waals surface area contributed by atoms with Gasteiger partial charge in [-0.1, -0.05) is 0 Å². The van der Waals surface area contributed by atoms with Crippen LogP contribution in [0.25, 0.3) is 0 Å². The van der Waals surface area contributed by atoms with Gasteiger partial charge in [0.25, 0.3) is 0 Å². The van der Waals surface area contributed by atoms with Gasteiger partial charge in [0, 0.05) is 18.6 Å². The first-order valence-electron chi connectivity index (χ1n) is 6.29. The minimum atomic E-state index is -0.566. The van der Waals surface area contributed by atoms with E-state index in [1.54, 1.807) is 0 Å². The summed E-state index contributed by atoms with van der Waals surface area (Å²) in [5.74, 6) is 0.118. The predicted octanol–water partition coefficient (Wildman–Crippen LogP) is 1.39. The second-order valence-corrected chi connectivity index (χ2v) is 6.31. The van der Waals surface area contributed by atoms with Gasteiger partial charge in [-0.05, 0) is 41.5 Å². The number of rotatable bonds is 2. The third-order valence-corrected chi connectivity index (χ3v) is 3.85. The second kappa shape index (κ2) is 4.58. The highest BCUT2D eigenvalue weighted by molar-refractivity contribution is 5.83. The molecule has 1 amide bonds. The second-order valence-electron chi connectivity index (χ2n) is 6.31. The monoisotopic (exact) mass is 242 g/mol. The number of ether oxygens (including phenoxy) is 1. The number of carbonyl (C=O) groups is 1. The first-order chi connectivity index (χ1) is 7.55. The molecule has 4 nitrogen and oxygen atoms in total. The average molecular weight is 242 g/mol. The van der Waals surface area contributed by atoms with Crippen LogP contribution in [0.2, 0.25) is 0 Å². The van der Waals surface area contributed by atoms with E-state index in [9.17, 15) is 4.79 Å². The summed E-state index contributed by atoms with van der Waals surface area (Å²) < 4.78 is 5.64. The lowest BCUT2D eigenvalue weighted by Crippen LogP contribution is -2.59. The van der Waals surface area contributed by atoms with Crippen molar-refractivity contribution in [1.82, 2.24) is 4.90 Å². The van der Waals surface area contributed by atoms with Crippen LogP contribution in [0.3, 0.4) is 0 Å². The van der Waals surface area contributed by atoms with E-state index in [0.29, 0.717) is 13.1 Å². The molecule has 1 saturated heterocycles. The van der Waals surface area contributed by atoms with Crippen LogP contribution in [-0.4, -0.2) is 41.6 Å². The normalized spacial score (nSPS) is 27.1. The largest absolute Gasteiger partial charge is 0.372 e. The summed E-state index contributed by atoms with van der Waals surface area (Å²) in [6.07, 6.45) is 0.193. The standard InChI is InChI=1S/C13H26N2O2/c1-9-7-15(8-10(2)17-9)11(16)12(3,4)13(5,6)14/h9-10H,7-8,14H2,1-6H3/t9-,10+. The summed E-state index contributed by atoms with van der Waals surface area (Å²) >= 11 is 0. The molecule has 1 heterocycles. The molecule has 1 rings (SSSR count). The van der Waals surface area contributed by atoms with Crippen molar-refractivity contribution in [3.05, 3.63) is 0 Å². The van der Waals surface area contributed by atoms with Crippen molar-refractivity contribution < 1.29 is 9.53 Å². The summed E-state index contributed by atoms with van der Waals surface area (Å²) in [7, 11) is 0. The molecule has 0 aliphatic carbocycles. The lowest BCUT2D eigenvalue weighted by Gasteiger charge is -2.44. The molecule has 1 aliphatic heterocycles. The van der Waals surface area contributed by atoms with Crippen molar-refractivity contribution in [3.63, 3.8) is 0 Å². The summed E-state index contributed by atoms with van der Waals surface area (Å²) in [4.78, 5) is 14.4. The molecule has 0 aromatic heterocycles. The van der Waals surface area contributed by atoms with Gasteiger partial charge in [-0.2, -0.15) is 0 Å². The van der Waals surface area contributed by atoms with Crippen molar-refractivity contribution in [2.24, 2.45) is 11.1 Å². The maximum atomic E-state index is 12.5. The van der Waals surface area contributed by atoms with E-state index in [1.807, 2.05) is 46.4 Å². The number of nitrogens with zero attached hydrogens (tertiary/aromatic N) is 1. The predicted molar refractivity (Wildman–Crippen MR) is 68.6 cm³/mol. The molecule has 100 valence electrons. The Bertz CT molecular complexity index is 284. The molecule has 0 aromatic carbocycles. The topological polar surface area (TPSA) is 55.6 Å². The van der Waals surface area contributed by atoms with Crippen LogP contribution in [0.5, 0.6) is 0 Å². The van der Waals surface area contributed by atoms with Crippen molar-refractivity contribution in [2.75, 3.05) is 13.1 Å². The lowest BCUT2D eigenvalue weighted by molar-refractivity contribution is -0.155. The van der Waals surface area contributed by atoms with Gasteiger partial charge in [-0.3, -0.25) is 4.79 Å². The fourth-order valence-electron chi connectivity index (χ4n) is 2.01. The molecule has 0 spiro atoms. The molecule has 0 bridgehead atoms. The molecular formula is C13H26N2O2. The Labute approximate surface area is 104 Å². The Morgan fingerprint density at radius 2 is 1.59 bits per heavy atom. The maximum Gasteiger partial charge on any atom is 0.230 e. The van der Waals surface area contributed by atoms with E-state index >= 15 is 0 Å². The molecule has 2 atom stereocenters. The van der Waals surface area contributed by atoms with Crippen molar-refractivity contribution >= 4 is 5.91 Å². The Kier molecular flexibility index (Phi) is 3.89. The van der Waals surface area contributed by atoms with Gasteiger partial charge in [-0.15, -0.1) is 0 Å². The number of morpholine rings is 1. The zero-order valence-electron chi connectivity index (χ0n) is 11.9. The molecule has 2 N–H and O–H groups in total. The van der Waals surface area contributed by atoms with Gasteiger partial charge >= 0.3 is 0 Å². The van der Waals surface area contributed by atoms with Crippen LogP contribution < -0.4 is 5.73 Å². The fraction of sp³-hybridized carbons (Fsp3) is 0.923. The van der Waals surface area contributed by atoms with Gasteiger partial charge in [0.05, 0.1) is 17.6 Å². The zero-order chi connectivity index (χ0) is 13.4. The third kappa shape index (κ3) is 2.99. The fourth-order valence-corrected chi connectivity index (χ4v) is 2.01. The van der Waals surface area contributed by atoms with Crippen molar-refractivity contribution in [2.45, 2.75) is 59.3 Å². The smallest absolute Gasteiger partial charge is 0.230 e. The SMILES string of the molecule is C[C@@H]1CN(C(=O)C(C)(C)C(C)(C)N)C[C@H](C)O1. The summed E-state index contributed by atoms with van der Waals surface area (Å²) in [5, 5.41) is 0. The van der Waals surface area contributed by atoms with Crippen LogP contribution in [0, 0.1) is 5.41 Å². The number of nitrogens with two attached hydrogens (primary N) is 1. The molecule has 1 fully saturated rings. The van der Waals surface area contributed by atoms with Crippen LogP contribution >= 0.6 is 0 Å². The van der Waals surface area contributed by atoms with E-state index in [4.69, 9.17) is 10.5 Å². The number of carbonyl (C=O) groups excluding carboxylic acids is 1. The van der Waals surface area contributed by atoms with Gasteiger partial charge in [0.15, 0.2) is 0 Å². The van der Waals surface area contributed by atoms with Crippen LogP contribution in [0.4, 0.5) is 0 Å². The Morgan fingerprint density at radius 3 is 1.94 bits per heavy atom. The molecule has 17 heavy (non-hydrogen) atoms. The van der Waals surface area contributed by atoms with Gasteiger partial charge < -0.3 is 15.4 Å². The molecule has 1 aliphatic rings. The van der Waals surface area contributed by atoms with Crippen molar-refractivity contribution in [1.29, 1.82) is 0 Å². The highest BCUT2D eigenvalue weighted by Crippen LogP contribution is 2.31. The zero-order valence-corrected chi connectivity index (χ0v) is 11.9. The first kappa shape index (κ1) is 14.5. The van der Waals surface area contributed by atoms with E-state index in [0.717, 1.165) is 0 Å². The molecule has 4 heteroatoms. The number of hydrogen-bond donors (Lipinski definition) is 1. The summed E-state index contributed by atoms with van der Waals surface area (Å²) in [6.45, 7) is 12.9. The average Bonchev–Trinajstić information content (AvgIpc) is 2.13. The van der Waals surface area contributed by atoms with E-state index in [2.05, 4.69) is 0 Å². The number of amides is 1. The van der Waals surface area contributed by atoms with E-state index < -0.39 is 11.0 Å². The molecule has 0 saturated carbocycles. The molecule has 0 radical (unpaired) electrons. The van der Waals surface area contributed by atoms with Crippen LogP contribution in [0.15, 0.2) is 0 Å². The maximum absolute atomic E-state index is 12.5. The van der Waals surface area contributed by atoms with Crippen LogP contribution in [-0.2, 0) is 9.53 Å². The lowest BCUT2D eigenvalue weighted by atomic mass is 9.74. The minimum Gasteiger partial charge on any atom is -0.372 e. The van der Waals surface area contributed by atoms with Gasteiger partial charge in [0.2, 0.25) is 5.91 Å². The molecule has 0 aromatic rings. The Balaban J connectivity index is 2.83. The number of hydrogen-bond acceptors (Lipinski definition) is 3. The molecular weight excluding hydrogens is 216 g/mol. The van der Waals surface area contributed by atoms with E-state index in [-0.39, 0.29) is 18.1 Å².